The summed E-state index contributed by atoms with van der Waals surface area (Å²) in [5.74, 6) is 1.95. The summed E-state index contributed by atoms with van der Waals surface area (Å²) in [6.45, 7) is 2.96. The molecule has 0 unspecified atom stereocenters. The van der Waals surface area contributed by atoms with Crippen LogP contribution in [0.2, 0.25) is 5.02 Å². The second kappa shape index (κ2) is 4.79. The van der Waals surface area contributed by atoms with Crippen LogP contribution >= 0.6 is 11.6 Å². The van der Waals surface area contributed by atoms with Gasteiger partial charge in [0, 0.05) is 23.4 Å². The molecule has 2 aromatic rings. The monoisotopic (exact) mass is 262 g/mol. The normalized spacial score (nSPS) is 15.0. The Morgan fingerprint density at radius 3 is 2.89 bits per heavy atom. The number of hydrogen-bond donors (Lipinski definition) is 1. The third-order valence-corrected chi connectivity index (χ3v) is 3.88. The maximum Gasteiger partial charge on any atom is 0.158 e. The van der Waals surface area contributed by atoms with E-state index in [4.69, 9.17) is 16.0 Å². The predicted molar refractivity (Wildman–Crippen MR) is 72.5 cm³/mol. The van der Waals surface area contributed by atoms with Crippen molar-refractivity contribution in [2.45, 2.75) is 32.4 Å². The molecule has 94 valence electrons. The van der Waals surface area contributed by atoms with E-state index in [1.165, 1.54) is 12.8 Å². The Bertz CT molecular complexity index is 557. The Labute approximate surface area is 112 Å². The highest BCUT2D eigenvalue weighted by Gasteiger charge is 2.25. The number of benzene rings is 1. The van der Waals surface area contributed by atoms with Crippen LogP contribution in [0, 0.1) is 6.92 Å². The van der Waals surface area contributed by atoms with E-state index in [1.807, 2.05) is 25.1 Å². The fourth-order valence-electron chi connectivity index (χ4n) is 2.12. The van der Waals surface area contributed by atoms with E-state index in [2.05, 4.69) is 17.4 Å². The molecule has 0 saturated heterocycles. The molecule has 2 nitrogen and oxygen atoms in total. The lowest BCUT2D eigenvalue weighted by Crippen LogP contribution is -2.84. The summed E-state index contributed by atoms with van der Waals surface area (Å²) in [5, 5.41) is 3.14. The van der Waals surface area contributed by atoms with Crippen LogP contribution in [0.15, 0.2) is 34.7 Å². The molecule has 1 aromatic carbocycles. The predicted octanol–water partition coefficient (Wildman–Crippen LogP) is 3.13. The maximum atomic E-state index is 6.13. The number of quaternary nitrogens is 1. The molecular formula is C15H17ClNO+. The van der Waals surface area contributed by atoms with E-state index in [9.17, 15) is 0 Å². The molecule has 0 aliphatic heterocycles. The van der Waals surface area contributed by atoms with Crippen molar-refractivity contribution in [3.8, 4) is 11.3 Å². The summed E-state index contributed by atoms with van der Waals surface area (Å²) in [5.41, 5.74) is 2.16. The summed E-state index contributed by atoms with van der Waals surface area (Å²) < 4.78 is 5.89. The maximum absolute atomic E-state index is 6.13. The minimum atomic E-state index is 0.787. The number of halogens is 1. The first-order valence-corrected chi connectivity index (χ1v) is 6.79. The van der Waals surface area contributed by atoms with Crippen LogP contribution in [-0.2, 0) is 6.54 Å². The van der Waals surface area contributed by atoms with Crippen LogP contribution in [0.25, 0.3) is 11.3 Å². The zero-order chi connectivity index (χ0) is 12.5. The van der Waals surface area contributed by atoms with Crippen LogP contribution in [0.1, 0.15) is 24.2 Å². The third kappa shape index (κ3) is 2.45. The van der Waals surface area contributed by atoms with Crippen molar-refractivity contribution in [2.75, 3.05) is 0 Å². The molecule has 1 heterocycles. The van der Waals surface area contributed by atoms with Gasteiger partial charge in [-0.05, 0) is 30.7 Å². The van der Waals surface area contributed by atoms with E-state index < -0.39 is 0 Å². The smallest absolute Gasteiger partial charge is 0.158 e. The Morgan fingerprint density at radius 1 is 1.28 bits per heavy atom. The van der Waals surface area contributed by atoms with Gasteiger partial charge in [-0.2, -0.15) is 0 Å². The first-order chi connectivity index (χ1) is 8.74. The van der Waals surface area contributed by atoms with E-state index in [1.54, 1.807) is 0 Å². The molecule has 1 fully saturated rings. The number of nitrogens with two attached hydrogens (primary N) is 1. The van der Waals surface area contributed by atoms with Gasteiger partial charge in [0.2, 0.25) is 0 Å². The highest BCUT2D eigenvalue weighted by atomic mass is 35.5. The number of hydrogen-bond acceptors (Lipinski definition) is 1. The summed E-state index contributed by atoms with van der Waals surface area (Å²) in [7, 11) is 0. The zero-order valence-corrected chi connectivity index (χ0v) is 11.2. The molecule has 0 atom stereocenters. The van der Waals surface area contributed by atoms with Gasteiger partial charge in [-0.1, -0.05) is 23.7 Å². The van der Waals surface area contributed by atoms with Crippen LogP contribution in [0.4, 0.5) is 0 Å². The quantitative estimate of drug-likeness (QED) is 0.901. The molecule has 1 aromatic heterocycles. The fraction of sp³-hybridized carbons (Fsp3) is 0.333. The second-order valence-corrected chi connectivity index (χ2v) is 5.36. The van der Waals surface area contributed by atoms with E-state index in [0.29, 0.717) is 0 Å². The van der Waals surface area contributed by atoms with Crippen molar-refractivity contribution in [3.05, 3.63) is 46.7 Å². The summed E-state index contributed by atoms with van der Waals surface area (Å²) in [6.07, 6.45) is 2.70. The van der Waals surface area contributed by atoms with Gasteiger partial charge in [-0.3, -0.25) is 0 Å². The number of furan rings is 1. The van der Waals surface area contributed by atoms with Crippen molar-refractivity contribution >= 4 is 11.6 Å². The summed E-state index contributed by atoms with van der Waals surface area (Å²) in [4.78, 5) is 0. The van der Waals surface area contributed by atoms with Gasteiger partial charge in [0.1, 0.15) is 12.3 Å². The van der Waals surface area contributed by atoms with Crippen molar-refractivity contribution in [1.82, 2.24) is 0 Å². The van der Waals surface area contributed by atoms with Crippen LogP contribution < -0.4 is 5.32 Å². The van der Waals surface area contributed by atoms with Crippen LogP contribution in [0.3, 0.4) is 0 Å². The lowest BCUT2D eigenvalue weighted by Gasteiger charge is -2.04. The van der Waals surface area contributed by atoms with Crippen molar-refractivity contribution in [1.29, 1.82) is 0 Å². The minimum Gasteiger partial charge on any atom is -0.455 e. The second-order valence-electron chi connectivity index (χ2n) is 4.96. The number of rotatable bonds is 4. The Balaban J connectivity index is 1.80. The van der Waals surface area contributed by atoms with Crippen molar-refractivity contribution in [3.63, 3.8) is 0 Å². The average Bonchev–Trinajstić information content (AvgIpc) is 3.08. The lowest BCUT2D eigenvalue weighted by molar-refractivity contribution is -0.685. The molecule has 1 aliphatic rings. The summed E-state index contributed by atoms with van der Waals surface area (Å²) in [6, 6.07) is 10.8. The molecule has 0 bridgehead atoms. The first kappa shape index (κ1) is 11.8. The highest BCUT2D eigenvalue weighted by Crippen LogP contribution is 2.29. The topological polar surface area (TPSA) is 29.8 Å². The average molecular weight is 263 g/mol. The highest BCUT2D eigenvalue weighted by molar-refractivity contribution is 6.31. The summed E-state index contributed by atoms with van der Waals surface area (Å²) >= 11 is 6.13. The molecule has 1 aliphatic carbocycles. The molecular weight excluding hydrogens is 246 g/mol. The molecule has 3 heteroatoms. The molecule has 18 heavy (non-hydrogen) atoms. The standard InChI is InChI=1S/C15H16ClNO/c1-10-13(3-2-4-14(10)16)15-8-7-12(18-15)9-17-11-5-6-11/h2-4,7-8,11,17H,5-6,9H2,1H3/p+1. The van der Waals surface area contributed by atoms with E-state index >= 15 is 0 Å². The third-order valence-electron chi connectivity index (χ3n) is 3.47. The molecule has 0 spiro atoms. The minimum absolute atomic E-state index is 0.787. The fourth-order valence-corrected chi connectivity index (χ4v) is 2.30. The van der Waals surface area contributed by atoms with Gasteiger partial charge in [0.15, 0.2) is 5.76 Å². The zero-order valence-electron chi connectivity index (χ0n) is 10.4. The van der Waals surface area contributed by atoms with Gasteiger partial charge in [-0.15, -0.1) is 0 Å². The van der Waals surface area contributed by atoms with Crippen molar-refractivity contribution < 1.29 is 9.73 Å². The first-order valence-electron chi connectivity index (χ1n) is 6.41. The molecule has 2 N–H and O–H groups in total. The molecule has 0 radical (unpaired) electrons. The van der Waals surface area contributed by atoms with Crippen molar-refractivity contribution in [2.24, 2.45) is 0 Å². The lowest BCUT2D eigenvalue weighted by atomic mass is 10.1. The molecule has 1 saturated carbocycles. The molecule has 3 rings (SSSR count). The van der Waals surface area contributed by atoms with Crippen LogP contribution in [0.5, 0.6) is 0 Å². The van der Waals surface area contributed by atoms with Gasteiger partial charge < -0.3 is 9.73 Å². The van der Waals surface area contributed by atoms with Crippen LogP contribution in [-0.4, -0.2) is 6.04 Å². The van der Waals surface area contributed by atoms with Gasteiger partial charge in [-0.25, -0.2) is 0 Å². The van der Waals surface area contributed by atoms with E-state index in [-0.39, 0.29) is 0 Å². The molecule has 0 amide bonds. The Kier molecular flexibility index (Phi) is 3.14. The SMILES string of the molecule is Cc1c(Cl)cccc1-c1ccc(C[NH2+]C2CC2)o1. The van der Waals surface area contributed by atoms with Gasteiger partial charge in [0.25, 0.3) is 0 Å². The van der Waals surface area contributed by atoms with Gasteiger partial charge >= 0.3 is 0 Å². The Morgan fingerprint density at radius 2 is 2.11 bits per heavy atom. The largest absolute Gasteiger partial charge is 0.455 e. The van der Waals surface area contributed by atoms with Gasteiger partial charge in [0.05, 0.1) is 6.04 Å². The Hall–Kier alpha value is -1.25. The van der Waals surface area contributed by atoms with E-state index in [0.717, 1.165) is 40.3 Å².